The van der Waals surface area contributed by atoms with Crippen LogP contribution in [0.5, 0.6) is 5.75 Å². The van der Waals surface area contributed by atoms with Gasteiger partial charge in [-0.1, -0.05) is 13.0 Å². The van der Waals surface area contributed by atoms with Gasteiger partial charge < -0.3 is 25.4 Å². The van der Waals surface area contributed by atoms with E-state index in [9.17, 15) is 23.1 Å². The van der Waals surface area contributed by atoms with E-state index in [0.29, 0.717) is 17.0 Å². The number of rotatable bonds is 8. The number of sulfonamides is 1. The van der Waals surface area contributed by atoms with Crippen molar-refractivity contribution in [2.45, 2.75) is 56.5 Å². The Labute approximate surface area is 222 Å². The largest absolute Gasteiger partial charge is 0.488 e. The van der Waals surface area contributed by atoms with Crippen LogP contribution in [-0.2, 0) is 21.2 Å². The number of anilines is 1. The molecule has 204 valence electrons. The van der Waals surface area contributed by atoms with Crippen LogP contribution in [0, 0.1) is 5.92 Å². The number of carbonyl (C=O) groups excluding carboxylic acids is 2. The molecule has 0 fully saturated rings. The molecule has 12 heteroatoms. The highest BCUT2D eigenvalue weighted by Gasteiger charge is 2.33. The molecule has 37 heavy (non-hydrogen) atoms. The summed E-state index contributed by atoms with van der Waals surface area (Å²) in [6.45, 7) is 7.51. The Bertz CT molecular complexity index is 1190. The highest BCUT2D eigenvalue weighted by atomic mass is 32.2. The Morgan fingerprint density at radius 3 is 2.65 bits per heavy atom. The Kier molecular flexibility index (Phi) is 9.57. The number of aliphatic hydroxyl groups is 1. The van der Waals surface area contributed by atoms with Crippen molar-refractivity contribution in [3.63, 3.8) is 0 Å². The molecule has 0 bridgehead atoms. The average molecular weight is 553 g/mol. The number of ether oxygens (including phenoxy) is 1. The second-order valence-electron chi connectivity index (χ2n) is 9.68. The number of amides is 3. The molecule has 3 amide bonds. The van der Waals surface area contributed by atoms with E-state index in [1.165, 1.54) is 11.4 Å². The van der Waals surface area contributed by atoms with Crippen LogP contribution in [0.3, 0.4) is 0 Å². The summed E-state index contributed by atoms with van der Waals surface area (Å²) in [6.07, 6.45) is -0.579. The molecule has 1 aliphatic heterocycles. The van der Waals surface area contributed by atoms with Gasteiger partial charge in [0.25, 0.3) is 10.0 Å². The van der Waals surface area contributed by atoms with E-state index in [1.54, 1.807) is 47.5 Å². The minimum atomic E-state index is -3.70. The summed E-state index contributed by atoms with van der Waals surface area (Å²) in [6, 6.07) is 7.47. The van der Waals surface area contributed by atoms with Crippen molar-refractivity contribution >= 4 is 39.0 Å². The highest BCUT2D eigenvalue weighted by molar-refractivity contribution is 7.91. The Morgan fingerprint density at radius 1 is 1.30 bits per heavy atom. The number of hydrogen-bond donors (Lipinski definition) is 3. The van der Waals surface area contributed by atoms with Crippen LogP contribution >= 0.6 is 11.3 Å². The second kappa shape index (κ2) is 12.2. The fourth-order valence-electron chi connectivity index (χ4n) is 4.07. The third-order valence-electron chi connectivity index (χ3n) is 6.19. The quantitative estimate of drug-likeness (QED) is 0.462. The number of fused-ring (bicyclic) bond motifs is 1. The monoisotopic (exact) mass is 552 g/mol. The summed E-state index contributed by atoms with van der Waals surface area (Å²) >= 11 is 1.15. The van der Waals surface area contributed by atoms with Crippen LogP contribution in [-0.4, -0.2) is 79.6 Å². The van der Waals surface area contributed by atoms with Gasteiger partial charge in [0.1, 0.15) is 16.1 Å². The van der Waals surface area contributed by atoms with Crippen molar-refractivity contribution in [1.82, 2.24) is 14.5 Å². The van der Waals surface area contributed by atoms with Gasteiger partial charge in [-0.3, -0.25) is 4.79 Å². The molecule has 0 saturated carbocycles. The molecule has 1 aliphatic rings. The fraction of sp³-hybridized carbons (Fsp3) is 0.520. The zero-order valence-corrected chi connectivity index (χ0v) is 23.4. The molecule has 3 atom stereocenters. The van der Waals surface area contributed by atoms with Crippen molar-refractivity contribution in [2.24, 2.45) is 5.92 Å². The lowest BCUT2D eigenvalue weighted by atomic mass is 10.0. The van der Waals surface area contributed by atoms with E-state index in [4.69, 9.17) is 4.74 Å². The molecule has 3 rings (SSSR count). The first-order valence-electron chi connectivity index (χ1n) is 12.2. The topological polar surface area (TPSA) is 128 Å². The molecule has 2 heterocycles. The number of carbonyl (C=O) groups is 2. The van der Waals surface area contributed by atoms with E-state index < -0.39 is 22.2 Å². The number of thiophene rings is 1. The van der Waals surface area contributed by atoms with Crippen molar-refractivity contribution in [1.29, 1.82) is 0 Å². The third kappa shape index (κ3) is 7.22. The van der Waals surface area contributed by atoms with E-state index >= 15 is 0 Å². The number of hydrogen-bond acceptors (Lipinski definition) is 7. The zero-order valence-electron chi connectivity index (χ0n) is 21.8. The maximum absolute atomic E-state index is 13.3. The smallest absolute Gasteiger partial charge is 0.319 e. The number of benzene rings is 1. The van der Waals surface area contributed by atoms with Gasteiger partial charge in [-0.15, -0.1) is 11.3 Å². The Morgan fingerprint density at radius 2 is 2.03 bits per heavy atom. The van der Waals surface area contributed by atoms with Gasteiger partial charge in [-0.2, -0.15) is 4.31 Å². The molecule has 10 nitrogen and oxygen atoms in total. The number of urea groups is 1. The molecule has 0 unspecified atom stereocenters. The molecule has 3 N–H and O–H groups in total. The third-order valence-corrected chi connectivity index (χ3v) is 9.39. The number of likely N-dealkylation sites (N-methyl/N-ethyl adjacent to an activating group) is 1. The fourth-order valence-corrected chi connectivity index (χ4v) is 6.45. The van der Waals surface area contributed by atoms with E-state index in [-0.39, 0.29) is 54.2 Å². The zero-order chi connectivity index (χ0) is 27.3. The molecule has 1 aromatic carbocycles. The van der Waals surface area contributed by atoms with Crippen LogP contribution in [0.15, 0.2) is 39.9 Å². The summed E-state index contributed by atoms with van der Waals surface area (Å²) in [5.74, 6) is 0.00203. The van der Waals surface area contributed by atoms with Crippen molar-refractivity contribution in [3.8, 4) is 5.75 Å². The van der Waals surface area contributed by atoms with E-state index in [1.807, 2.05) is 20.8 Å². The highest BCUT2D eigenvalue weighted by Crippen LogP contribution is 2.30. The van der Waals surface area contributed by atoms with E-state index in [2.05, 4.69) is 10.6 Å². The molecule has 2 aromatic rings. The molecular weight excluding hydrogens is 516 g/mol. The second-order valence-corrected chi connectivity index (χ2v) is 12.9. The maximum Gasteiger partial charge on any atom is 0.319 e. The minimum absolute atomic E-state index is 0.00374. The van der Waals surface area contributed by atoms with Gasteiger partial charge in [-0.25, -0.2) is 13.2 Å². The van der Waals surface area contributed by atoms with Crippen LogP contribution in [0.4, 0.5) is 10.5 Å². The first-order chi connectivity index (χ1) is 17.4. The molecule has 0 spiro atoms. The van der Waals surface area contributed by atoms with Gasteiger partial charge >= 0.3 is 6.03 Å². The number of aliphatic hydroxyl groups excluding tert-OH is 1. The normalized spacial score (nSPS) is 19.5. The minimum Gasteiger partial charge on any atom is -0.488 e. The summed E-state index contributed by atoms with van der Waals surface area (Å²) in [5.41, 5.74) is 1.06. The lowest BCUT2D eigenvalue weighted by molar-refractivity contribution is -0.134. The van der Waals surface area contributed by atoms with Gasteiger partial charge in [0.2, 0.25) is 5.91 Å². The standard InChI is InChI=1S/C25H36N4O6S2/c1-16(2)26-25(32)27-20-8-9-21-19(11-20)12-23(31)29(18(4)15-30)13-17(3)22(35-21)14-28(5)37(33,34)24-7-6-10-36-24/h6-11,16-18,22,30H,12-15H2,1-5H3,(H2,26,27,32)/t17-,18+,22+/m1/s1. The molecule has 0 saturated heterocycles. The predicted molar refractivity (Wildman–Crippen MR) is 143 cm³/mol. The predicted octanol–water partition coefficient (Wildman–Crippen LogP) is 2.75. The summed E-state index contributed by atoms with van der Waals surface area (Å²) in [7, 11) is -2.19. The Balaban J connectivity index is 1.95. The lowest BCUT2D eigenvalue weighted by Crippen LogP contribution is -2.48. The van der Waals surface area contributed by atoms with Crippen LogP contribution < -0.4 is 15.4 Å². The molecule has 0 aliphatic carbocycles. The summed E-state index contributed by atoms with van der Waals surface area (Å²) in [5, 5.41) is 17.0. The van der Waals surface area contributed by atoms with Gasteiger partial charge in [0.15, 0.2) is 0 Å². The first kappa shape index (κ1) is 28.9. The van der Waals surface area contributed by atoms with Crippen molar-refractivity contribution < 1.29 is 27.9 Å². The lowest BCUT2D eigenvalue weighted by Gasteiger charge is -2.33. The van der Waals surface area contributed by atoms with Crippen molar-refractivity contribution in [3.05, 3.63) is 41.3 Å². The van der Waals surface area contributed by atoms with E-state index in [0.717, 1.165) is 11.3 Å². The average Bonchev–Trinajstić information content (AvgIpc) is 3.38. The van der Waals surface area contributed by atoms with Crippen LogP contribution in [0.25, 0.3) is 0 Å². The molecule has 0 radical (unpaired) electrons. The SMILES string of the molecule is CC(C)NC(=O)Nc1ccc2c(c1)CC(=O)N([C@@H](C)CO)C[C@@H](C)[C@H](CN(C)S(=O)(=O)c1cccs1)O2. The summed E-state index contributed by atoms with van der Waals surface area (Å²) < 4.78 is 34.0. The maximum atomic E-state index is 13.3. The van der Waals surface area contributed by atoms with Crippen LogP contribution in [0.1, 0.15) is 33.3 Å². The van der Waals surface area contributed by atoms with Gasteiger partial charge in [0, 0.05) is 36.8 Å². The first-order valence-corrected chi connectivity index (χ1v) is 14.5. The number of nitrogens with zero attached hydrogens (tertiary/aromatic N) is 2. The Hall–Kier alpha value is -2.67. The molecular formula is C25H36N4O6S2. The van der Waals surface area contributed by atoms with Crippen LogP contribution in [0.2, 0.25) is 0 Å². The molecule has 1 aromatic heterocycles. The van der Waals surface area contributed by atoms with Crippen molar-refractivity contribution in [2.75, 3.05) is 32.1 Å². The van der Waals surface area contributed by atoms with Gasteiger partial charge in [0.05, 0.1) is 25.6 Å². The number of nitrogens with one attached hydrogen (secondary N) is 2. The summed E-state index contributed by atoms with van der Waals surface area (Å²) in [4.78, 5) is 27.1. The van der Waals surface area contributed by atoms with Gasteiger partial charge in [-0.05, 0) is 50.4 Å².